The van der Waals surface area contributed by atoms with E-state index in [0.717, 1.165) is 12.1 Å². The van der Waals surface area contributed by atoms with Gasteiger partial charge in [-0.2, -0.15) is 0 Å². The number of likely N-dealkylation sites (tertiary alicyclic amines) is 1. The normalized spacial score (nSPS) is 31.8. The molecule has 0 spiro atoms. The molecule has 1 heterocycles. The molecule has 1 saturated heterocycles. The summed E-state index contributed by atoms with van der Waals surface area (Å²) in [6, 6.07) is 1.60. The van der Waals surface area contributed by atoms with Crippen molar-refractivity contribution in [3.05, 3.63) is 0 Å². The molecule has 1 N–H and O–H groups in total. The molecule has 1 aliphatic heterocycles. The molecule has 106 valence electrons. The Morgan fingerprint density at radius 3 is 2.28 bits per heavy atom. The van der Waals surface area contributed by atoms with Crippen molar-refractivity contribution in [1.29, 1.82) is 0 Å². The highest BCUT2D eigenvalue weighted by Crippen LogP contribution is 2.24. The van der Waals surface area contributed by atoms with Crippen LogP contribution in [0.2, 0.25) is 0 Å². The van der Waals surface area contributed by atoms with Crippen LogP contribution in [0, 0.1) is 0 Å². The SMILES string of the molecule is CCCNC1CCCCCCC1N1CCCCC1. The Balaban J connectivity index is 1.93. The minimum atomic E-state index is 0.767. The molecule has 2 unspecified atom stereocenters. The second-order valence-electron chi connectivity index (χ2n) is 6.22. The molecule has 2 nitrogen and oxygen atoms in total. The first-order valence-corrected chi connectivity index (χ1v) is 8.39. The van der Waals surface area contributed by atoms with Gasteiger partial charge in [-0.25, -0.2) is 0 Å². The average Bonchev–Trinajstić information content (AvgIpc) is 2.39. The predicted molar refractivity (Wildman–Crippen MR) is 79.0 cm³/mol. The van der Waals surface area contributed by atoms with Crippen LogP contribution in [0.25, 0.3) is 0 Å². The lowest BCUT2D eigenvalue weighted by Gasteiger charge is -2.41. The standard InChI is InChI=1S/C16H32N2/c1-2-12-17-15-10-6-3-4-7-11-16(15)18-13-8-5-9-14-18/h15-17H,2-14H2,1H3. The highest BCUT2D eigenvalue weighted by molar-refractivity contribution is 4.87. The van der Waals surface area contributed by atoms with Gasteiger partial charge in [0.05, 0.1) is 0 Å². The Hall–Kier alpha value is -0.0800. The number of hydrogen-bond acceptors (Lipinski definition) is 2. The van der Waals surface area contributed by atoms with Gasteiger partial charge < -0.3 is 5.32 Å². The summed E-state index contributed by atoms with van der Waals surface area (Å²) < 4.78 is 0. The molecule has 2 aliphatic rings. The minimum absolute atomic E-state index is 0.767. The smallest absolute Gasteiger partial charge is 0.0249 e. The third-order valence-electron chi connectivity index (χ3n) is 4.75. The molecule has 2 fully saturated rings. The monoisotopic (exact) mass is 252 g/mol. The maximum atomic E-state index is 3.84. The number of nitrogens with one attached hydrogen (secondary N) is 1. The van der Waals surface area contributed by atoms with Crippen molar-refractivity contribution in [3.63, 3.8) is 0 Å². The van der Waals surface area contributed by atoms with Crippen molar-refractivity contribution in [2.75, 3.05) is 19.6 Å². The van der Waals surface area contributed by atoms with Crippen LogP contribution in [0.4, 0.5) is 0 Å². The van der Waals surface area contributed by atoms with E-state index in [9.17, 15) is 0 Å². The van der Waals surface area contributed by atoms with Gasteiger partial charge in [-0.1, -0.05) is 39.0 Å². The van der Waals surface area contributed by atoms with E-state index in [2.05, 4.69) is 17.1 Å². The third kappa shape index (κ3) is 4.24. The highest BCUT2D eigenvalue weighted by Gasteiger charge is 2.28. The summed E-state index contributed by atoms with van der Waals surface area (Å²) >= 11 is 0. The molecule has 2 atom stereocenters. The Kier molecular flexibility index (Phi) is 6.50. The molecule has 18 heavy (non-hydrogen) atoms. The Labute approximate surface area is 114 Å². The fourth-order valence-corrected chi connectivity index (χ4v) is 3.72. The van der Waals surface area contributed by atoms with Crippen LogP contribution < -0.4 is 5.32 Å². The molecular formula is C16H32N2. The van der Waals surface area contributed by atoms with E-state index in [1.54, 1.807) is 0 Å². The van der Waals surface area contributed by atoms with Gasteiger partial charge in [-0.3, -0.25) is 4.90 Å². The van der Waals surface area contributed by atoms with Gasteiger partial charge >= 0.3 is 0 Å². The van der Waals surface area contributed by atoms with Gasteiger partial charge in [0.15, 0.2) is 0 Å². The van der Waals surface area contributed by atoms with Crippen LogP contribution in [0.1, 0.15) is 71.1 Å². The molecule has 2 rings (SSSR count). The van der Waals surface area contributed by atoms with Crippen molar-refractivity contribution in [1.82, 2.24) is 10.2 Å². The van der Waals surface area contributed by atoms with E-state index in [0.29, 0.717) is 0 Å². The lowest BCUT2D eigenvalue weighted by atomic mass is 9.90. The zero-order valence-corrected chi connectivity index (χ0v) is 12.3. The molecule has 1 aliphatic carbocycles. The number of piperidine rings is 1. The van der Waals surface area contributed by atoms with Gasteiger partial charge in [-0.15, -0.1) is 0 Å². The molecule has 0 bridgehead atoms. The van der Waals surface area contributed by atoms with Crippen molar-refractivity contribution < 1.29 is 0 Å². The van der Waals surface area contributed by atoms with Crippen molar-refractivity contribution in [2.45, 2.75) is 83.2 Å². The molecular weight excluding hydrogens is 220 g/mol. The molecule has 0 amide bonds. The summed E-state index contributed by atoms with van der Waals surface area (Å²) in [5.41, 5.74) is 0. The first kappa shape index (κ1) is 14.3. The van der Waals surface area contributed by atoms with Crippen LogP contribution in [-0.4, -0.2) is 36.6 Å². The van der Waals surface area contributed by atoms with E-state index >= 15 is 0 Å². The van der Waals surface area contributed by atoms with E-state index in [1.165, 1.54) is 83.8 Å². The average molecular weight is 252 g/mol. The molecule has 0 radical (unpaired) electrons. The fraction of sp³-hybridized carbons (Fsp3) is 1.00. The lowest BCUT2D eigenvalue weighted by Crippen LogP contribution is -2.52. The van der Waals surface area contributed by atoms with Crippen LogP contribution in [0.15, 0.2) is 0 Å². The summed E-state index contributed by atoms with van der Waals surface area (Å²) in [5.74, 6) is 0. The lowest BCUT2D eigenvalue weighted by molar-refractivity contribution is 0.111. The summed E-state index contributed by atoms with van der Waals surface area (Å²) in [4.78, 5) is 2.81. The van der Waals surface area contributed by atoms with Crippen LogP contribution in [0.3, 0.4) is 0 Å². The van der Waals surface area contributed by atoms with E-state index in [4.69, 9.17) is 0 Å². The number of hydrogen-bond donors (Lipinski definition) is 1. The summed E-state index contributed by atoms with van der Waals surface area (Å²) in [6.45, 7) is 6.20. The van der Waals surface area contributed by atoms with Gasteiger partial charge in [0.1, 0.15) is 0 Å². The van der Waals surface area contributed by atoms with E-state index in [1.807, 2.05) is 0 Å². The zero-order valence-electron chi connectivity index (χ0n) is 12.3. The second kappa shape index (κ2) is 8.16. The summed E-state index contributed by atoms with van der Waals surface area (Å²) in [5, 5.41) is 3.84. The molecule has 2 heteroatoms. The van der Waals surface area contributed by atoms with Gasteiger partial charge in [0.2, 0.25) is 0 Å². The van der Waals surface area contributed by atoms with Crippen molar-refractivity contribution in [2.24, 2.45) is 0 Å². The summed E-state index contributed by atoms with van der Waals surface area (Å²) in [6.07, 6.45) is 14.2. The second-order valence-corrected chi connectivity index (χ2v) is 6.22. The Morgan fingerprint density at radius 2 is 1.56 bits per heavy atom. The minimum Gasteiger partial charge on any atom is -0.312 e. The van der Waals surface area contributed by atoms with Gasteiger partial charge in [0.25, 0.3) is 0 Å². The van der Waals surface area contributed by atoms with Gasteiger partial charge in [0, 0.05) is 12.1 Å². The largest absolute Gasteiger partial charge is 0.312 e. The Morgan fingerprint density at radius 1 is 0.889 bits per heavy atom. The Bertz CT molecular complexity index is 209. The first-order valence-electron chi connectivity index (χ1n) is 8.39. The quantitative estimate of drug-likeness (QED) is 0.823. The number of nitrogens with zero attached hydrogens (tertiary/aromatic N) is 1. The van der Waals surface area contributed by atoms with Crippen molar-refractivity contribution in [3.8, 4) is 0 Å². The van der Waals surface area contributed by atoms with Crippen LogP contribution >= 0.6 is 0 Å². The first-order chi connectivity index (χ1) is 8.92. The topological polar surface area (TPSA) is 15.3 Å². The molecule has 0 aromatic rings. The zero-order chi connectivity index (χ0) is 12.6. The molecule has 0 aromatic carbocycles. The van der Waals surface area contributed by atoms with Crippen molar-refractivity contribution >= 4 is 0 Å². The maximum absolute atomic E-state index is 3.84. The van der Waals surface area contributed by atoms with E-state index < -0.39 is 0 Å². The van der Waals surface area contributed by atoms with Crippen LogP contribution in [0.5, 0.6) is 0 Å². The predicted octanol–water partition coefficient (Wildman–Crippen LogP) is 3.56. The fourth-order valence-electron chi connectivity index (χ4n) is 3.72. The highest BCUT2D eigenvalue weighted by atomic mass is 15.2. The summed E-state index contributed by atoms with van der Waals surface area (Å²) in [7, 11) is 0. The number of rotatable bonds is 4. The molecule has 0 aromatic heterocycles. The molecule has 1 saturated carbocycles. The maximum Gasteiger partial charge on any atom is 0.0249 e. The third-order valence-corrected chi connectivity index (χ3v) is 4.75. The van der Waals surface area contributed by atoms with E-state index in [-0.39, 0.29) is 0 Å². The van der Waals surface area contributed by atoms with Crippen LogP contribution in [-0.2, 0) is 0 Å². The van der Waals surface area contributed by atoms with Gasteiger partial charge in [-0.05, 0) is 51.7 Å².